The number of carboxylic acids is 1. The molecule has 2 rings (SSSR count). The molecule has 7 nitrogen and oxygen atoms in total. The molecule has 1 saturated heterocycles. The minimum Gasteiger partial charge on any atom is -0.478 e. The Balaban J connectivity index is 2.49. The predicted molar refractivity (Wildman–Crippen MR) is 72.2 cm³/mol. The van der Waals surface area contributed by atoms with Crippen molar-refractivity contribution in [2.45, 2.75) is 25.5 Å². The molecule has 0 aromatic heterocycles. The fourth-order valence-corrected chi connectivity index (χ4v) is 2.55. The number of ether oxygens (including phenoxy) is 1. The van der Waals surface area contributed by atoms with E-state index in [-0.39, 0.29) is 17.8 Å². The number of benzene rings is 1. The highest BCUT2D eigenvalue weighted by Crippen LogP contribution is 2.34. The van der Waals surface area contributed by atoms with Gasteiger partial charge in [0.25, 0.3) is 5.69 Å². The fourth-order valence-electron chi connectivity index (χ4n) is 2.55. The molecule has 0 spiro atoms. The Hall–Kier alpha value is -2.22. The van der Waals surface area contributed by atoms with Crippen molar-refractivity contribution < 1.29 is 24.0 Å². The summed E-state index contributed by atoms with van der Waals surface area (Å²) in [4.78, 5) is 22.9. The van der Waals surface area contributed by atoms with Gasteiger partial charge in [-0.05, 0) is 13.3 Å². The molecule has 1 aromatic rings. The minimum atomic E-state index is -1.54. The molecule has 0 radical (unpaired) electrons. The van der Waals surface area contributed by atoms with E-state index in [0.717, 1.165) is 12.1 Å². The molecule has 1 aliphatic rings. The summed E-state index contributed by atoms with van der Waals surface area (Å²) < 4.78 is 19.2. The summed E-state index contributed by atoms with van der Waals surface area (Å²) in [7, 11) is 1.61. The van der Waals surface area contributed by atoms with Crippen LogP contribution in [-0.2, 0) is 4.74 Å². The molecule has 0 bridgehead atoms. The lowest BCUT2D eigenvalue weighted by Gasteiger charge is -2.28. The number of rotatable bonds is 4. The molecular formula is C13H15FN2O5. The monoisotopic (exact) mass is 298 g/mol. The summed E-state index contributed by atoms with van der Waals surface area (Å²) in [6.45, 7) is 2.36. The quantitative estimate of drug-likeness (QED) is 0.675. The summed E-state index contributed by atoms with van der Waals surface area (Å²) >= 11 is 0. The Morgan fingerprint density at radius 3 is 2.71 bits per heavy atom. The van der Waals surface area contributed by atoms with Crippen LogP contribution in [0.5, 0.6) is 0 Å². The van der Waals surface area contributed by atoms with Gasteiger partial charge < -0.3 is 14.7 Å². The first-order valence-electron chi connectivity index (χ1n) is 6.38. The first kappa shape index (κ1) is 15.2. The Labute approximate surface area is 120 Å². The van der Waals surface area contributed by atoms with Crippen molar-refractivity contribution in [1.82, 2.24) is 0 Å². The van der Waals surface area contributed by atoms with Gasteiger partial charge in [-0.2, -0.15) is 0 Å². The molecule has 2 atom stereocenters. The number of anilines is 1. The van der Waals surface area contributed by atoms with E-state index >= 15 is 0 Å². The number of nitro groups is 1. The lowest BCUT2D eigenvalue weighted by molar-refractivity contribution is -0.384. The molecule has 1 aromatic carbocycles. The Bertz CT molecular complexity index is 592. The Morgan fingerprint density at radius 1 is 1.57 bits per heavy atom. The third-order valence-electron chi connectivity index (χ3n) is 3.71. The molecule has 1 N–H and O–H groups in total. The van der Waals surface area contributed by atoms with Crippen LogP contribution >= 0.6 is 0 Å². The van der Waals surface area contributed by atoms with Crippen LogP contribution in [0.15, 0.2) is 12.1 Å². The van der Waals surface area contributed by atoms with Gasteiger partial charge in [0.05, 0.1) is 17.1 Å². The van der Waals surface area contributed by atoms with Crippen molar-refractivity contribution >= 4 is 17.3 Å². The van der Waals surface area contributed by atoms with E-state index < -0.39 is 28.0 Å². The van der Waals surface area contributed by atoms with E-state index in [1.807, 2.05) is 6.92 Å². The zero-order valence-corrected chi connectivity index (χ0v) is 11.6. The Morgan fingerprint density at radius 2 is 2.24 bits per heavy atom. The molecule has 8 heteroatoms. The maximum atomic E-state index is 13.8. The summed E-state index contributed by atoms with van der Waals surface area (Å²) in [6.07, 6.45) is 0.522. The maximum Gasteiger partial charge on any atom is 0.338 e. The predicted octanol–water partition coefficient (Wildman–Crippen LogP) is 2.05. The van der Waals surface area contributed by atoms with Gasteiger partial charge in [0, 0.05) is 25.8 Å². The summed E-state index contributed by atoms with van der Waals surface area (Å²) in [6, 6.07) is 1.52. The number of nitrogens with zero attached hydrogens (tertiary/aromatic N) is 2. The van der Waals surface area contributed by atoms with E-state index in [4.69, 9.17) is 9.84 Å². The lowest BCUT2D eigenvalue weighted by atomic mass is 10.1. The zero-order valence-electron chi connectivity index (χ0n) is 11.6. The van der Waals surface area contributed by atoms with E-state index in [0.29, 0.717) is 13.0 Å². The molecule has 21 heavy (non-hydrogen) atoms. The Kier molecular flexibility index (Phi) is 4.08. The van der Waals surface area contributed by atoms with Gasteiger partial charge in [-0.15, -0.1) is 0 Å². The van der Waals surface area contributed by atoms with Gasteiger partial charge in [0.15, 0.2) is 0 Å². The first-order chi connectivity index (χ1) is 9.82. The topological polar surface area (TPSA) is 92.9 Å². The van der Waals surface area contributed by atoms with Crippen LogP contribution in [0, 0.1) is 15.9 Å². The van der Waals surface area contributed by atoms with Crippen molar-refractivity contribution in [2.75, 3.05) is 18.6 Å². The smallest absolute Gasteiger partial charge is 0.338 e. The molecule has 1 aliphatic heterocycles. The second-order valence-electron chi connectivity index (χ2n) is 4.93. The highest BCUT2D eigenvalue weighted by Gasteiger charge is 2.32. The SMILES string of the molecule is CC1OCCC1N(C)c1cc(F)c(C(=O)O)cc1[N+](=O)[O-]. The van der Waals surface area contributed by atoms with E-state index in [1.54, 1.807) is 11.9 Å². The molecule has 1 heterocycles. The van der Waals surface area contributed by atoms with Crippen LogP contribution in [0.3, 0.4) is 0 Å². The summed E-state index contributed by atoms with van der Waals surface area (Å²) in [5.41, 5.74) is -1.10. The third kappa shape index (κ3) is 2.80. The number of hydrogen-bond acceptors (Lipinski definition) is 5. The van der Waals surface area contributed by atoms with Crippen molar-refractivity contribution in [1.29, 1.82) is 0 Å². The molecule has 1 fully saturated rings. The van der Waals surface area contributed by atoms with Gasteiger partial charge >= 0.3 is 5.97 Å². The number of hydrogen-bond donors (Lipinski definition) is 1. The largest absolute Gasteiger partial charge is 0.478 e. The molecular weight excluding hydrogens is 283 g/mol. The second kappa shape index (κ2) is 5.65. The summed E-state index contributed by atoms with van der Waals surface area (Å²) in [5, 5.41) is 20.0. The average molecular weight is 298 g/mol. The number of carboxylic acid groups (broad SMARTS) is 1. The fraction of sp³-hybridized carbons (Fsp3) is 0.462. The highest BCUT2D eigenvalue weighted by molar-refractivity contribution is 5.90. The number of aromatic carboxylic acids is 1. The lowest BCUT2D eigenvalue weighted by Crippen LogP contribution is -2.37. The van der Waals surface area contributed by atoms with Crippen molar-refractivity contribution in [2.24, 2.45) is 0 Å². The second-order valence-corrected chi connectivity index (χ2v) is 4.93. The van der Waals surface area contributed by atoms with Crippen LogP contribution in [0.1, 0.15) is 23.7 Å². The van der Waals surface area contributed by atoms with Crippen LogP contribution in [0.4, 0.5) is 15.8 Å². The average Bonchev–Trinajstić information content (AvgIpc) is 2.83. The van der Waals surface area contributed by atoms with Crippen LogP contribution in [0.2, 0.25) is 0 Å². The normalized spacial score (nSPS) is 21.3. The van der Waals surface area contributed by atoms with Gasteiger partial charge in [-0.3, -0.25) is 10.1 Å². The molecule has 2 unspecified atom stereocenters. The van der Waals surface area contributed by atoms with Crippen molar-refractivity contribution in [3.05, 3.63) is 33.6 Å². The van der Waals surface area contributed by atoms with Crippen LogP contribution < -0.4 is 4.90 Å². The van der Waals surface area contributed by atoms with Gasteiger partial charge in [0.2, 0.25) is 0 Å². The zero-order chi connectivity index (χ0) is 15.7. The molecule has 0 saturated carbocycles. The van der Waals surface area contributed by atoms with E-state index in [1.165, 1.54) is 0 Å². The van der Waals surface area contributed by atoms with Crippen LogP contribution in [0.25, 0.3) is 0 Å². The first-order valence-corrected chi connectivity index (χ1v) is 6.38. The van der Waals surface area contributed by atoms with E-state index in [9.17, 15) is 19.3 Å². The summed E-state index contributed by atoms with van der Waals surface area (Å²) in [5.74, 6) is -2.54. The number of halogens is 1. The third-order valence-corrected chi connectivity index (χ3v) is 3.71. The van der Waals surface area contributed by atoms with Crippen molar-refractivity contribution in [3.8, 4) is 0 Å². The van der Waals surface area contributed by atoms with Gasteiger partial charge in [-0.1, -0.05) is 0 Å². The van der Waals surface area contributed by atoms with E-state index in [2.05, 4.69) is 0 Å². The molecule has 0 amide bonds. The van der Waals surface area contributed by atoms with Crippen molar-refractivity contribution in [3.63, 3.8) is 0 Å². The molecule has 0 aliphatic carbocycles. The van der Waals surface area contributed by atoms with Gasteiger partial charge in [-0.25, -0.2) is 9.18 Å². The maximum absolute atomic E-state index is 13.8. The van der Waals surface area contributed by atoms with Crippen LogP contribution in [-0.4, -0.2) is 41.8 Å². The number of nitro benzene ring substituents is 1. The number of carbonyl (C=O) groups is 1. The minimum absolute atomic E-state index is 0.0462. The standard InChI is InChI=1S/C13H15FN2O5/c1-7-10(3-4-21-7)15(2)11-6-9(14)8(13(17)18)5-12(11)16(19)20/h5-7,10H,3-4H2,1-2H3,(H,17,18). The molecule has 114 valence electrons. The van der Waals surface area contributed by atoms with Gasteiger partial charge in [0.1, 0.15) is 17.1 Å². The highest BCUT2D eigenvalue weighted by atomic mass is 19.1. The number of likely N-dealkylation sites (N-methyl/N-ethyl adjacent to an activating group) is 1.